The highest BCUT2D eigenvalue weighted by Gasteiger charge is 2.18. The van der Waals surface area contributed by atoms with Gasteiger partial charge < -0.3 is 10.1 Å². The minimum atomic E-state index is -0.227. The van der Waals surface area contributed by atoms with E-state index in [9.17, 15) is 4.79 Å². The number of benzene rings is 2. The third-order valence-electron chi connectivity index (χ3n) is 3.78. The van der Waals surface area contributed by atoms with Gasteiger partial charge in [0.1, 0.15) is 17.0 Å². The molecule has 1 N–H and O–H groups in total. The number of fused-ring (bicyclic) bond motifs is 1. The number of nitrogens with one attached hydrogen (secondary N) is 1. The molecule has 0 saturated carbocycles. The first-order valence-corrected chi connectivity index (χ1v) is 8.47. The molecule has 0 aliphatic heterocycles. The number of ether oxygens (including phenoxy) is 1. The van der Waals surface area contributed by atoms with E-state index in [1.54, 1.807) is 41.4 Å². The first-order valence-electron chi connectivity index (χ1n) is 7.59. The Bertz CT molecular complexity index is 1020. The number of aromatic nitrogens is 3. The monoisotopic (exact) mass is 350 g/mol. The summed E-state index contributed by atoms with van der Waals surface area (Å²) in [6.45, 7) is 0. The van der Waals surface area contributed by atoms with E-state index in [4.69, 9.17) is 4.74 Å². The van der Waals surface area contributed by atoms with Crippen LogP contribution in [0.4, 0.5) is 5.82 Å². The highest BCUT2D eigenvalue weighted by Crippen LogP contribution is 2.30. The molecule has 25 heavy (non-hydrogen) atoms. The Kier molecular flexibility index (Phi) is 3.91. The van der Waals surface area contributed by atoms with E-state index in [0.717, 1.165) is 10.5 Å². The van der Waals surface area contributed by atoms with Gasteiger partial charge in [-0.25, -0.2) is 4.98 Å². The van der Waals surface area contributed by atoms with Gasteiger partial charge in [-0.2, -0.15) is 9.61 Å². The van der Waals surface area contributed by atoms with Crippen molar-refractivity contribution < 1.29 is 9.53 Å². The van der Waals surface area contributed by atoms with Crippen LogP contribution in [0.5, 0.6) is 5.75 Å². The Balaban J connectivity index is 1.72. The number of nitrogens with zero attached hydrogens (tertiary/aromatic N) is 3. The molecule has 0 unspecified atom stereocenters. The molecule has 2 aromatic heterocycles. The van der Waals surface area contributed by atoms with Crippen LogP contribution in [-0.2, 0) is 0 Å². The molecule has 0 atom stereocenters. The molecule has 2 aromatic carbocycles. The van der Waals surface area contributed by atoms with Crippen LogP contribution < -0.4 is 10.1 Å². The number of hydrogen-bond acceptors (Lipinski definition) is 5. The van der Waals surface area contributed by atoms with Crippen LogP contribution in [-0.4, -0.2) is 27.6 Å². The lowest BCUT2D eigenvalue weighted by Gasteiger charge is -2.07. The number of carbonyl (C=O) groups is 1. The highest BCUT2D eigenvalue weighted by atomic mass is 32.1. The topological polar surface area (TPSA) is 68.5 Å². The van der Waals surface area contributed by atoms with Crippen molar-refractivity contribution in [2.45, 2.75) is 0 Å². The molecule has 0 radical (unpaired) electrons. The molecule has 0 spiro atoms. The number of rotatable bonds is 4. The summed E-state index contributed by atoms with van der Waals surface area (Å²) in [5, 5.41) is 7.21. The lowest BCUT2D eigenvalue weighted by atomic mass is 10.1. The Hall–Kier alpha value is -3.19. The molecule has 4 aromatic rings. The van der Waals surface area contributed by atoms with Crippen molar-refractivity contribution in [1.29, 1.82) is 0 Å². The first-order chi connectivity index (χ1) is 12.3. The van der Waals surface area contributed by atoms with Crippen LogP contribution in [0.25, 0.3) is 16.2 Å². The summed E-state index contributed by atoms with van der Waals surface area (Å²) in [5.41, 5.74) is 3.84. The summed E-state index contributed by atoms with van der Waals surface area (Å²) in [5.74, 6) is 1.03. The van der Waals surface area contributed by atoms with Gasteiger partial charge in [0.15, 0.2) is 5.82 Å². The maximum atomic E-state index is 12.6. The van der Waals surface area contributed by atoms with Crippen molar-refractivity contribution in [3.63, 3.8) is 0 Å². The van der Waals surface area contributed by atoms with Gasteiger partial charge in [-0.1, -0.05) is 41.7 Å². The lowest BCUT2D eigenvalue weighted by molar-refractivity contribution is 0.102. The number of methoxy groups -OCH3 is 1. The summed E-state index contributed by atoms with van der Waals surface area (Å²) in [6, 6.07) is 16.7. The maximum Gasteiger partial charge on any atom is 0.256 e. The van der Waals surface area contributed by atoms with Gasteiger partial charge in [0.2, 0.25) is 4.96 Å². The second-order valence-corrected chi connectivity index (χ2v) is 6.10. The number of imidazole rings is 1. The summed E-state index contributed by atoms with van der Waals surface area (Å²) in [7, 11) is 1.59. The van der Waals surface area contributed by atoms with Crippen LogP contribution in [0.2, 0.25) is 0 Å². The van der Waals surface area contributed by atoms with Crippen molar-refractivity contribution in [2.24, 2.45) is 0 Å². The molecule has 6 nitrogen and oxygen atoms in total. The molecule has 124 valence electrons. The third-order valence-corrected chi connectivity index (χ3v) is 4.45. The SMILES string of the molecule is COc1ccc(C(=O)Nc2c(-c3ccccc3)nc3scnn23)cc1. The van der Waals surface area contributed by atoms with Gasteiger partial charge in [0.25, 0.3) is 5.91 Å². The van der Waals surface area contributed by atoms with Gasteiger partial charge in [-0.05, 0) is 24.3 Å². The van der Waals surface area contributed by atoms with Gasteiger partial charge in [-0.3, -0.25) is 4.79 Å². The van der Waals surface area contributed by atoms with E-state index >= 15 is 0 Å². The highest BCUT2D eigenvalue weighted by molar-refractivity contribution is 7.14. The van der Waals surface area contributed by atoms with Gasteiger partial charge >= 0.3 is 0 Å². The molecule has 0 aliphatic rings. The molecular weight excluding hydrogens is 336 g/mol. The summed E-state index contributed by atoms with van der Waals surface area (Å²) in [4.78, 5) is 18.0. The second-order valence-electron chi connectivity index (χ2n) is 5.29. The van der Waals surface area contributed by atoms with Gasteiger partial charge in [0, 0.05) is 11.1 Å². The average Bonchev–Trinajstić information content (AvgIpc) is 3.25. The van der Waals surface area contributed by atoms with Crippen LogP contribution in [0.1, 0.15) is 10.4 Å². The molecule has 0 fully saturated rings. The summed E-state index contributed by atoms with van der Waals surface area (Å²) in [6.07, 6.45) is 0. The van der Waals surface area contributed by atoms with Crippen molar-refractivity contribution in [3.8, 4) is 17.0 Å². The van der Waals surface area contributed by atoms with E-state index in [0.29, 0.717) is 22.8 Å². The fourth-order valence-electron chi connectivity index (χ4n) is 2.52. The molecular formula is C18H14N4O2S. The van der Waals surface area contributed by atoms with Crippen molar-refractivity contribution >= 4 is 28.0 Å². The Morgan fingerprint density at radius 1 is 1.12 bits per heavy atom. The summed E-state index contributed by atoms with van der Waals surface area (Å²) < 4.78 is 6.77. The predicted octanol–water partition coefficient (Wildman–Crippen LogP) is 3.72. The Morgan fingerprint density at radius 3 is 2.60 bits per heavy atom. The lowest BCUT2D eigenvalue weighted by Crippen LogP contribution is -2.14. The molecule has 7 heteroatoms. The Labute approximate surface area is 147 Å². The fourth-order valence-corrected chi connectivity index (χ4v) is 3.14. The van der Waals surface area contributed by atoms with Crippen LogP contribution in [0, 0.1) is 0 Å². The molecule has 0 bridgehead atoms. The number of hydrogen-bond donors (Lipinski definition) is 1. The zero-order valence-corrected chi connectivity index (χ0v) is 14.2. The second kappa shape index (κ2) is 6.37. The number of amides is 1. The van der Waals surface area contributed by atoms with Crippen molar-refractivity contribution in [3.05, 3.63) is 65.7 Å². The number of carbonyl (C=O) groups excluding carboxylic acids is 1. The van der Waals surface area contributed by atoms with E-state index in [1.807, 2.05) is 30.3 Å². The van der Waals surface area contributed by atoms with E-state index < -0.39 is 0 Å². The van der Waals surface area contributed by atoms with Crippen molar-refractivity contribution in [2.75, 3.05) is 12.4 Å². The Morgan fingerprint density at radius 2 is 1.88 bits per heavy atom. The standard InChI is InChI=1S/C18H14N4O2S/c1-24-14-9-7-13(8-10-14)17(23)21-16-15(12-5-3-2-4-6-12)20-18-22(16)19-11-25-18/h2-11H,1H3,(H,21,23). The van der Waals surface area contributed by atoms with E-state index in [-0.39, 0.29) is 5.91 Å². The first kappa shape index (κ1) is 15.3. The fraction of sp³-hybridized carbons (Fsp3) is 0.0556. The molecule has 0 aliphatic carbocycles. The average molecular weight is 350 g/mol. The smallest absolute Gasteiger partial charge is 0.256 e. The zero-order chi connectivity index (χ0) is 17.2. The minimum Gasteiger partial charge on any atom is -0.497 e. The molecule has 4 rings (SSSR count). The van der Waals surface area contributed by atoms with Gasteiger partial charge in [0.05, 0.1) is 7.11 Å². The maximum absolute atomic E-state index is 12.6. The van der Waals surface area contributed by atoms with E-state index in [2.05, 4.69) is 15.4 Å². The van der Waals surface area contributed by atoms with Crippen LogP contribution in [0.15, 0.2) is 60.1 Å². The largest absolute Gasteiger partial charge is 0.497 e. The van der Waals surface area contributed by atoms with Crippen LogP contribution in [0.3, 0.4) is 0 Å². The van der Waals surface area contributed by atoms with Crippen LogP contribution >= 0.6 is 11.3 Å². The summed E-state index contributed by atoms with van der Waals surface area (Å²) >= 11 is 1.42. The molecule has 2 heterocycles. The zero-order valence-electron chi connectivity index (χ0n) is 13.3. The van der Waals surface area contributed by atoms with E-state index in [1.165, 1.54) is 11.3 Å². The quantitative estimate of drug-likeness (QED) is 0.609. The minimum absolute atomic E-state index is 0.227. The molecule has 0 saturated heterocycles. The number of anilines is 1. The predicted molar refractivity (Wildman–Crippen MR) is 97.2 cm³/mol. The van der Waals surface area contributed by atoms with Crippen molar-refractivity contribution in [1.82, 2.24) is 14.6 Å². The normalized spacial score (nSPS) is 10.8. The third kappa shape index (κ3) is 2.85. The molecule has 1 amide bonds. The van der Waals surface area contributed by atoms with Gasteiger partial charge in [-0.15, -0.1) is 0 Å².